The molecule has 0 saturated carbocycles. The summed E-state index contributed by atoms with van der Waals surface area (Å²) in [6.07, 6.45) is -5.36. The minimum atomic E-state index is -4.65. The molecule has 3 unspecified atom stereocenters. The number of carbonyl (C=O) groups is 6. The van der Waals surface area contributed by atoms with Crippen molar-refractivity contribution in [3.63, 3.8) is 0 Å². The summed E-state index contributed by atoms with van der Waals surface area (Å²) in [5.74, 6) is -4.22. The second kappa shape index (κ2) is 17.6. The summed E-state index contributed by atoms with van der Waals surface area (Å²) in [4.78, 5) is 77.4. The SMILES string of the molecule is C=CCN(C)C(=O)CNC(=O)NC(C(=O)N1CC(C)C[C@H]1C(=O)NC(CCC(F)(F)F)C(=O)C(N)=O)C(C)(C)C.CC(C)C. The molecule has 0 spiro atoms. The van der Waals surface area contributed by atoms with Crippen LogP contribution in [0.5, 0.6) is 0 Å². The summed E-state index contributed by atoms with van der Waals surface area (Å²) in [7, 11) is 1.52. The lowest BCUT2D eigenvalue weighted by molar-refractivity contribution is -0.146. The third kappa shape index (κ3) is 14.7. The third-order valence-electron chi connectivity index (χ3n) is 6.31. The van der Waals surface area contributed by atoms with E-state index in [1.807, 2.05) is 0 Å². The van der Waals surface area contributed by atoms with Crippen molar-refractivity contribution in [1.82, 2.24) is 25.8 Å². The molecule has 0 aromatic carbocycles. The van der Waals surface area contributed by atoms with Gasteiger partial charge in [0, 0.05) is 26.6 Å². The van der Waals surface area contributed by atoms with E-state index in [1.54, 1.807) is 27.7 Å². The quantitative estimate of drug-likeness (QED) is 0.189. The normalized spacial score (nSPS) is 17.9. The van der Waals surface area contributed by atoms with Gasteiger partial charge in [-0.15, -0.1) is 6.58 Å². The number of alkyl halides is 3. The summed E-state index contributed by atoms with van der Waals surface area (Å²) >= 11 is 0. The monoisotopic (exact) mass is 634 g/mol. The van der Waals surface area contributed by atoms with Gasteiger partial charge in [-0.1, -0.05) is 54.5 Å². The summed E-state index contributed by atoms with van der Waals surface area (Å²) in [6, 6.07) is -4.97. The van der Waals surface area contributed by atoms with Crippen LogP contribution in [0, 0.1) is 17.3 Å². The van der Waals surface area contributed by atoms with Crippen LogP contribution in [0.15, 0.2) is 12.7 Å². The van der Waals surface area contributed by atoms with Crippen molar-refractivity contribution in [3.05, 3.63) is 12.7 Å². The van der Waals surface area contributed by atoms with Gasteiger partial charge in [0.25, 0.3) is 5.91 Å². The van der Waals surface area contributed by atoms with Crippen LogP contribution >= 0.6 is 0 Å². The molecular weight excluding hydrogens is 585 g/mol. The average Bonchev–Trinajstić information content (AvgIpc) is 3.27. The number of carbonyl (C=O) groups excluding carboxylic acids is 6. The molecule has 0 bridgehead atoms. The zero-order valence-corrected chi connectivity index (χ0v) is 27.0. The van der Waals surface area contributed by atoms with Crippen molar-refractivity contribution in [1.29, 1.82) is 0 Å². The molecule has 0 aromatic heterocycles. The molecule has 0 aliphatic carbocycles. The van der Waals surface area contributed by atoms with E-state index >= 15 is 0 Å². The zero-order chi connectivity index (χ0) is 34.6. The zero-order valence-electron chi connectivity index (χ0n) is 27.0. The first-order chi connectivity index (χ1) is 20.0. The van der Waals surface area contributed by atoms with E-state index in [9.17, 15) is 41.9 Å². The number of amides is 6. The highest BCUT2D eigenvalue weighted by Gasteiger charge is 2.45. The summed E-state index contributed by atoms with van der Waals surface area (Å²) in [5.41, 5.74) is 4.09. The lowest BCUT2D eigenvalue weighted by atomic mass is 9.85. The first-order valence-electron chi connectivity index (χ1n) is 14.4. The minimum absolute atomic E-state index is 0.0919. The van der Waals surface area contributed by atoms with Crippen LogP contribution in [-0.4, -0.2) is 96.2 Å². The van der Waals surface area contributed by atoms with Gasteiger partial charge in [-0.25, -0.2) is 4.79 Å². The molecule has 0 radical (unpaired) electrons. The first-order valence-corrected chi connectivity index (χ1v) is 14.4. The van der Waals surface area contributed by atoms with Gasteiger partial charge in [0.1, 0.15) is 12.1 Å². The fraction of sp³-hybridized carbons (Fsp3) is 0.724. The van der Waals surface area contributed by atoms with Crippen LogP contribution in [0.4, 0.5) is 18.0 Å². The van der Waals surface area contributed by atoms with Gasteiger partial charge in [-0.3, -0.25) is 24.0 Å². The number of nitrogens with one attached hydrogen (secondary N) is 3. The van der Waals surface area contributed by atoms with Crippen LogP contribution in [0.1, 0.15) is 67.7 Å². The Morgan fingerprint density at radius 1 is 1.07 bits per heavy atom. The maximum Gasteiger partial charge on any atom is 0.389 e. The fourth-order valence-corrected chi connectivity index (χ4v) is 4.14. The van der Waals surface area contributed by atoms with Crippen molar-refractivity contribution < 1.29 is 41.9 Å². The van der Waals surface area contributed by atoms with E-state index in [0.29, 0.717) is 0 Å². The lowest BCUT2D eigenvalue weighted by Crippen LogP contribution is -2.60. The molecule has 12 nitrogen and oxygen atoms in total. The van der Waals surface area contributed by atoms with Crippen LogP contribution in [0.25, 0.3) is 0 Å². The van der Waals surface area contributed by atoms with Gasteiger partial charge in [0.15, 0.2) is 0 Å². The molecule has 0 aromatic rings. The van der Waals surface area contributed by atoms with Crippen LogP contribution in [0.2, 0.25) is 0 Å². The van der Waals surface area contributed by atoms with E-state index in [-0.39, 0.29) is 32.0 Å². The number of nitrogens with zero attached hydrogens (tertiary/aromatic N) is 2. The Balaban J connectivity index is 0.00000433. The van der Waals surface area contributed by atoms with Crippen molar-refractivity contribution >= 4 is 35.4 Å². The Labute approximate surface area is 257 Å². The number of nitrogens with two attached hydrogens (primary N) is 1. The second-order valence-electron chi connectivity index (χ2n) is 12.7. The number of likely N-dealkylation sites (tertiary alicyclic amines) is 1. The minimum Gasteiger partial charge on any atom is -0.363 e. The standard InChI is InChI=1S/C25H39F3N6O6.C4H10/c1-7-10-33(6)17(35)12-30-23(40)32-19(24(3,4)5)22(39)34-13-14(2)11-16(34)21(38)31-15(18(36)20(29)37)8-9-25(26,27)28;1-4(2)3/h7,14-16,19H,1,8-13H2,2-6H3,(H2,29,37)(H,31,38)(H2,30,32,40);4H,1-3H3/t14?,15?,16-,19?;/m0./s1. The first kappa shape index (κ1) is 40.4. The molecule has 4 atom stereocenters. The Kier molecular flexibility index (Phi) is 16.1. The molecule has 1 rings (SSSR count). The highest BCUT2D eigenvalue weighted by molar-refractivity contribution is 6.37. The van der Waals surface area contributed by atoms with E-state index in [0.717, 1.165) is 5.92 Å². The van der Waals surface area contributed by atoms with Crippen molar-refractivity contribution in [2.75, 3.05) is 26.7 Å². The van der Waals surface area contributed by atoms with E-state index in [1.165, 1.54) is 22.9 Å². The van der Waals surface area contributed by atoms with Gasteiger partial charge in [-0.2, -0.15) is 13.2 Å². The highest BCUT2D eigenvalue weighted by Crippen LogP contribution is 2.29. The fourth-order valence-electron chi connectivity index (χ4n) is 4.14. The van der Waals surface area contributed by atoms with Gasteiger partial charge in [0.05, 0.1) is 12.6 Å². The molecule has 1 aliphatic heterocycles. The maximum atomic E-state index is 13.6. The predicted molar refractivity (Wildman–Crippen MR) is 159 cm³/mol. The molecule has 1 heterocycles. The summed E-state index contributed by atoms with van der Waals surface area (Å²) < 4.78 is 38.3. The number of urea groups is 1. The summed E-state index contributed by atoms with van der Waals surface area (Å²) in [5, 5.41) is 7.09. The number of rotatable bonds is 12. The number of hydrogen-bond donors (Lipinski definition) is 4. The number of primary amides is 1. The van der Waals surface area contributed by atoms with Gasteiger partial charge >= 0.3 is 12.2 Å². The summed E-state index contributed by atoms with van der Waals surface area (Å²) in [6.45, 7) is 16.8. The van der Waals surface area contributed by atoms with Gasteiger partial charge < -0.3 is 31.5 Å². The predicted octanol–water partition coefficient (Wildman–Crippen LogP) is 2.13. The number of hydrogen-bond acceptors (Lipinski definition) is 6. The van der Waals surface area contributed by atoms with Crippen LogP contribution < -0.4 is 21.7 Å². The molecule has 6 amide bonds. The highest BCUT2D eigenvalue weighted by atomic mass is 19.4. The number of halogens is 3. The molecule has 252 valence electrons. The molecule has 1 saturated heterocycles. The van der Waals surface area contributed by atoms with E-state index < -0.39 is 78.0 Å². The Bertz CT molecular complexity index is 1040. The molecular formula is C29H49F3N6O6. The Morgan fingerprint density at radius 2 is 1.61 bits per heavy atom. The second-order valence-corrected chi connectivity index (χ2v) is 12.7. The lowest BCUT2D eigenvalue weighted by Gasteiger charge is -2.35. The molecule has 15 heteroatoms. The van der Waals surface area contributed by atoms with Crippen LogP contribution in [-0.2, 0) is 24.0 Å². The number of Topliss-reactive ketones (excluding diaryl/α,β-unsaturated/α-hetero) is 1. The largest absolute Gasteiger partial charge is 0.389 e. The number of ketones is 1. The maximum absolute atomic E-state index is 13.6. The average molecular weight is 635 g/mol. The van der Waals surface area contributed by atoms with Crippen LogP contribution in [0.3, 0.4) is 0 Å². The Morgan fingerprint density at radius 3 is 2.07 bits per heavy atom. The molecule has 5 N–H and O–H groups in total. The third-order valence-corrected chi connectivity index (χ3v) is 6.31. The van der Waals surface area contributed by atoms with E-state index in [4.69, 9.17) is 5.73 Å². The smallest absolute Gasteiger partial charge is 0.363 e. The number of likely N-dealkylation sites (N-methyl/N-ethyl adjacent to an activating group) is 1. The molecule has 1 fully saturated rings. The van der Waals surface area contributed by atoms with Gasteiger partial charge in [0.2, 0.25) is 23.5 Å². The Hall–Kier alpha value is -3.65. The van der Waals surface area contributed by atoms with Crippen molar-refractivity contribution in [2.24, 2.45) is 23.0 Å². The van der Waals surface area contributed by atoms with Crippen molar-refractivity contribution in [3.8, 4) is 0 Å². The topological polar surface area (TPSA) is 171 Å². The molecule has 44 heavy (non-hydrogen) atoms. The molecule has 1 aliphatic rings. The van der Waals surface area contributed by atoms with E-state index in [2.05, 4.69) is 43.3 Å². The van der Waals surface area contributed by atoms with Gasteiger partial charge in [-0.05, 0) is 30.1 Å². The van der Waals surface area contributed by atoms with Crippen molar-refractivity contribution in [2.45, 2.75) is 92.0 Å².